The van der Waals surface area contributed by atoms with Crippen molar-refractivity contribution < 1.29 is 23.5 Å². The number of halogens is 1. The van der Waals surface area contributed by atoms with Crippen molar-refractivity contribution in [3.8, 4) is 11.8 Å². The third-order valence-corrected chi connectivity index (χ3v) is 6.02. The lowest BCUT2D eigenvalue weighted by Gasteiger charge is -2.35. The number of methoxy groups -OCH3 is 1. The topological polar surface area (TPSA) is 82.9 Å². The molecule has 1 fully saturated rings. The first-order valence-corrected chi connectivity index (χ1v) is 10.5. The molecule has 2 aliphatic heterocycles. The minimum absolute atomic E-state index is 0.0657. The first-order chi connectivity index (χ1) is 15.5. The average molecular weight is 437 g/mol. The summed E-state index contributed by atoms with van der Waals surface area (Å²) < 4.78 is 24.5. The number of hydrogen-bond donors (Lipinski definition) is 0. The standard InChI is InChI=1S/C24H24FN3O4/c1-31-22-12-17(21(25)11-18(22)14-26)13-23(29)28-8-6-27(7-9-28)5-4-16-2-3-20-19(10-16)15-32-24(20)30/h2-3,10-12H,4-9,13,15H2,1H3. The number of carbonyl (C=O) groups excluding carboxylic acids is 2. The number of ether oxygens (including phenoxy) is 2. The smallest absolute Gasteiger partial charge is 0.338 e. The van der Waals surface area contributed by atoms with Crippen LogP contribution in [0, 0.1) is 17.1 Å². The highest BCUT2D eigenvalue weighted by Crippen LogP contribution is 2.24. The molecule has 2 aliphatic rings. The fourth-order valence-corrected chi connectivity index (χ4v) is 4.11. The van der Waals surface area contributed by atoms with Gasteiger partial charge < -0.3 is 14.4 Å². The first kappa shape index (κ1) is 21.8. The molecule has 32 heavy (non-hydrogen) atoms. The van der Waals surface area contributed by atoms with Crippen LogP contribution < -0.4 is 4.74 Å². The summed E-state index contributed by atoms with van der Waals surface area (Å²) >= 11 is 0. The van der Waals surface area contributed by atoms with E-state index < -0.39 is 5.82 Å². The average Bonchev–Trinajstić information content (AvgIpc) is 3.19. The van der Waals surface area contributed by atoms with Gasteiger partial charge in [-0.05, 0) is 30.2 Å². The van der Waals surface area contributed by atoms with Gasteiger partial charge in [-0.25, -0.2) is 9.18 Å². The van der Waals surface area contributed by atoms with E-state index in [0.29, 0.717) is 25.3 Å². The van der Waals surface area contributed by atoms with Gasteiger partial charge in [0, 0.05) is 43.9 Å². The van der Waals surface area contributed by atoms with E-state index >= 15 is 0 Å². The number of rotatable bonds is 6. The Morgan fingerprint density at radius 3 is 2.72 bits per heavy atom. The molecule has 0 radical (unpaired) electrons. The van der Waals surface area contributed by atoms with E-state index in [2.05, 4.69) is 4.90 Å². The lowest BCUT2D eigenvalue weighted by molar-refractivity contribution is -0.132. The quantitative estimate of drug-likeness (QED) is 0.645. The minimum Gasteiger partial charge on any atom is -0.495 e. The first-order valence-electron chi connectivity index (χ1n) is 10.5. The molecule has 0 aliphatic carbocycles. The second-order valence-electron chi connectivity index (χ2n) is 7.97. The monoisotopic (exact) mass is 437 g/mol. The Labute approximate surface area is 185 Å². The zero-order chi connectivity index (χ0) is 22.7. The van der Waals surface area contributed by atoms with Crippen LogP contribution in [0.5, 0.6) is 5.75 Å². The molecule has 2 aromatic carbocycles. The Morgan fingerprint density at radius 2 is 2.00 bits per heavy atom. The second-order valence-corrected chi connectivity index (χ2v) is 7.97. The summed E-state index contributed by atoms with van der Waals surface area (Å²) in [5, 5.41) is 9.05. The summed E-state index contributed by atoms with van der Waals surface area (Å²) in [7, 11) is 1.41. The lowest BCUT2D eigenvalue weighted by Crippen LogP contribution is -2.49. The number of amides is 1. The van der Waals surface area contributed by atoms with Crippen LogP contribution in [-0.4, -0.2) is 61.5 Å². The number of benzene rings is 2. The summed E-state index contributed by atoms with van der Waals surface area (Å²) in [5.74, 6) is -0.704. The zero-order valence-electron chi connectivity index (χ0n) is 17.9. The van der Waals surface area contributed by atoms with Gasteiger partial charge in [-0.2, -0.15) is 5.26 Å². The Kier molecular flexibility index (Phi) is 6.37. The van der Waals surface area contributed by atoms with Crippen molar-refractivity contribution in [3.05, 3.63) is 64.0 Å². The highest BCUT2D eigenvalue weighted by Gasteiger charge is 2.24. The van der Waals surface area contributed by atoms with E-state index in [1.54, 1.807) is 4.90 Å². The number of fused-ring (bicyclic) bond motifs is 1. The van der Waals surface area contributed by atoms with Gasteiger partial charge in [-0.1, -0.05) is 12.1 Å². The normalized spacial score (nSPS) is 15.8. The number of cyclic esters (lactones) is 1. The van der Waals surface area contributed by atoms with Gasteiger partial charge in [0.1, 0.15) is 24.2 Å². The SMILES string of the molecule is COc1cc(CC(=O)N2CCN(CCc3ccc4c(c3)COC4=O)CC2)c(F)cc1C#N. The van der Waals surface area contributed by atoms with Crippen molar-refractivity contribution in [1.29, 1.82) is 5.26 Å². The summed E-state index contributed by atoms with van der Waals surface area (Å²) in [6, 6.07) is 10.2. The van der Waals surface area contributed by atoms with Gasteiger partial charge in [-0.3, -0.25) is 9.69 Å². The highest BCUT2D eigenvalue weighted by atomic mass is 19.1. The Balaban J connectivity index is 1.28. The van der Waals surface area contributed by atoms with Crippen LogP contribution in [0.4, 0.5) is 4.39 Å². The Hall–Kier alpha value is -3.44. The molecular formula is C24H24FN3O4. The number of esters is 1. The van der Waals surface area contributed by atoms with Crippen molar-refractivity contribution in [2.24, 2.45) is 0 Å². The van der Waals surface area contributed by atoms with Gasteiger partial charge in [0.25, 0.3) is 0 Å². The van der Waals surface area contributed by atoms with Gasteiger partial charge >= 0.3 is 5.97 Å². The van der Waals surface area contributed by atoms with Crippen molar-refractivity contribution in [2.45, 2.75) is 19.4 Å². The summed E-state index contributed by atoms with van der Waals surface area (Å²) in [4.78, 5) is 28.3. The predicted molar refractivity (Wildman–Crippen MR) is 114 cm³/mol. The molecule has 0 spiro atoms. The van der Waals surface area contributed by atoms with Gasteiger partial charge in [0.05, 0.1) is 24.7 Å². The molecule has 2 aromatic rings. The molecule has 1 amide bonds. The minimum atomic E-state index is -0.573. The summed E-state index contributed by atoms with van der Waals surface area (Å²) in [6.45, 7) is 3.86. The maximum atomic E-state index is 14.3. The molecule has 7 nitrogen and oxygen atoms in total. The predicted octanol–water partition coefficient (Wildman–Crippen LogP) is 2.31. The van der Waals surface area contributed by atoms with Crippen molar-refractivity contribution in [2.75, 3.05) is 39.8 Å². The molecule has 4 rings (SSSR count). The van der Waals surface area contributed by atoms with Crippen LogP contribution in [0.2, 0.25) is 0 Å². The maximum absolute atomic E-state index is 14.3. The van der Waals surface area contributed by atoms with E-state index in [0.717, 1.165) is 43.2 Å². The van der Waals surface area contributed by atoms with Gasteiger partial charge in [-0.15, -0.1) is 0 Å². The molecule has 1 saturated heterocycles. The van der Waals surface area contributed by atoms with Crippen LogP contribution >= 0.6 is 0 Å². The van der Waals surface area contributed by atoms with E-state index in [4.69, 9.17) is 14.7 Å². The molecule has 0 aromatic heterocycles. The molecule has 8 heteroatoms. The van der Waals surface area contributed by atoms with E-state index in [1.165, 1.54) is 13.2 Å². The second kappa shape index (κ2) is 9.37. The Morgan fingerprint density at radius 1 is 1.22 bits per heavy atom. The lowest BCUT2D eigenvalue weighted by atomic mass is 10.0. The van der Waals surface area contributed by atoms with E-state index in [-0.39, 0.29) is 35.2 Å². The van der Waals surface area contributed by atoms with Crippen LogP contribution in [0.1, 0.15) is 32.6 Å². The molecule has 0 bridgehead atoms. The van der Waals surface area contributed by atoms with Crippen LogP contribution in [0.3, 0.4) is 0 Å². The zero-order valence-corrected chi connectivity index (χ0v) is 17.9. The maximum Gasteiger partial charge on any atom is 0.338 e. The number of hydrogen-bond acceptors (Lipinski definition) is 6. The Bertz CT molecular complexity index is 1090. The highest BCUT2D eigenvalue weighted by molar-refractivity contribution is 5.93. The molecule has 0 atom stereocenters. The summed E-state index contributed by atoms with van der Waals surface area (Å²) in [6.07, 6.45) is 0.787. The molecule has 0 saturated carbocycles. The van der Waals surface area contributed by atoms with Crippen molar-refractivity contribution >= 4 is 11.9 Å². The number of nitrogens with zero attached hydrogens (tertiary/aromatic N) is 3. The number of nitriles is 1. The fraction of sp³-hybridized carbons (Fsp3) is 0.375. The van der Waals surface area contributed by atoms with Crippen LogP contribution in [-0.2, 0) is 29.0 Å². The third kappa shape index (κ3) is 4.58. The molecule has 0 unspecified atom stereocenters. The van der Waals surface area contributed by atoms with Crippen LogP contribution in [0.25, 0.3) is 0 Å². The van der Waals surface area contributed by atoms with E-state index in [9.17, 15) is 14.0 Å². The molecular weight excluding hydrogens is 413 g/mol. The number of carbonyl (C=O) groups is 2. The largest absolute Gasteiger partial charge is 0.495 e. The van der Waals surface area contributed by atoms with E-state index in [1.807, 2.05) is 24.3 Å². The van der Waals surface area contributed by atoms with Crippen molar-refractivity contribution in [1.82, 2.24) is 9.80 Å². The van der Waals surface area contributed by atoms with Crippen LogP contribution in [0.15, 0.2) is 30.3 Å². The van der Waals surface area contributed by atoms with Gasteiger partial charge in [0.15, 0.2) is 0 Å². The summed E-state index contributed by atoms with van der Waals surface area (Å²) in [5.41, 5.74) is 3.09. The third-order valence-electron chi connectivity index (χ3n) is 6.02. The molecule has 166 valence electrons. The molecule has 2 heterocycles. The van der Waals surface area contributed by atoms with Gasteiger partial charge in [0.2, 0.25) is 5.91 Å². The fourth-order valence-electron chi connectivity index (χ4n) is 4.11. The molecule has 0 N–H and O–H groups in total. The number of piperazine rings is 1. The van der Waals surface area contributed by atoms with Crippen molar-refractivity contribution in [3.63, 3.8) is 0 Å².